The summed E-state index contributed by atoms with van der Waals surface area (Å²) in [6.45, 7) is 0.604. The first-order valence-corrected chi connectivity index (χ1v) is 11.6. The smallest absolute Gasteiger partial charge is 0.252 e. The fourth-order valence-electron chi connectivity index (χ4n) is 3.83. The van der Waals surface area contributed by atoms with Crippen LogP contribution in [0.1, 0.15) is 30.5 Å². The predicted molar refractivity (Wildman–Crippen MR) is 105 cm³/mol. The van der Waals surface area contributed by atoms with Crippen LogP contribution >= 0.6 is 22.9 Å². The van der Waals surface area contributed by atoms with Gasteiger partial charge in [-0.15, -0.1) is 11.3 Å². The van der Waals surface area contributed by atoms with Crippen molar-refractivity contribution in [3.63, 3.8) is 0 Å². The van der Waals surface area contributed by atoms with Crippen LogP contribution in [0.15, 0.2) is 16.3 Å². The second-order valence-electron chi connectivity index (χ2n) is 7.00. The number of thiophene rings is 1. The standard InChI is InChI=1S/C17H21ClN4O3S2/c1-21-16(12-5-2-6-13(12)20-21)19-17(23)11-4-3-9-22(10-11)27(24,25)15-8-7-14(18)26-15/h7-8,11H,2-6,9-10H2,1H3,(H,19,23). The summed E-state index contributed by atoms with van der Waals surface area (Å²) >= 11 is 6.93. The highest BCUT2D eigenvalue weighted by Crippen LogP contribution is 2.32. The number of anilines is 1. The molecule has 2 aromatic rings. The zero-order chi connectivity index (χ0) is 19.2. The molecule has 3 heterocycles. The minimum absolute atomic E-state index is 0.142. The summed E-state index contributed by atoms with van der Waals surface area (Å²) in [5, 5.41) is 7.47. The largest absolute Gasteiger partial charge is 0.310 e. The van der Waals surface area contributed by atoms with E-state index in [1.165, 1.54) is 10.4 Å². The minimum Gasteiger partial charge on any atom is -0.310 e. The fraction of sp³-hybridized carbons (Fsp3) is 0.529. The third kappa shape index (κ3) is 3.53. The Morgan fingerprint density at radius 3 is 2.89 bits per heavy atom. The number of nitrogens with zero attached hydrogens (tertiary/aromatic N) is 3. The summed E-state index contributed by atoms with van der Waals surface area (Å²) in [5.41, 5.74) is 2.16. The molecule has 1 saturated heterocycles. The lowest BCUT2D eigenvalue weighted by molar-refractivity contribution is -0.120. The van der Waals surface area contributed by atoms with E-state index in [4.69, 9.17) is 11.6 Å². The summed E-state index contributed by atoms with van der Waals surface area (Å²) in [4.78, 5) is 12.8. The first kappa shape index (κ1) is 18.9. The first-order chi connectivity index (χ1) is 12.9. The van der Waals surface area contributed by atoms with Gasteiger partial charge < -0.3 is 5.32 Å². The molecule has 1 amide bonds. The molecule has 4 rings (SSSR count). The molecule has 0 spiro atoms. The predicted octanol–water partition coefficient (Wildman–Crippen LogP) is 2.66. The van der Waals surface area contributed by atoms with Gasteiger partial charge in [-0.3, -0.25) is 9.48 Å². The van der Waals surface area contributed by atoms with E-state index in [1.54, 1.807) is 10.7 Å². The molecule has 0 radical (unpaired) electrons. The average Bonchev–Trinajstić information content (AvgIpc) is 3.34. The van der Waals surface area contributed by atoms with Crippen LogP contribution < -0.4 is 5.32 Å². The van der Waals surface area contributed by atoms with Crippen LogP contribution in [0.4, 0.5) is 5.82 Å². The molecule has 0 aromatic carbocycles. The number of aromatic nitrogens is 2. The van der Waals surface area contributed by atoms with Crippen LogP contribution in [-0.2, 0) is 34.7 Å². The van der Waals surface area contributed by atoms with Crippen molar-refractivity contribution in [1.29, 1.82) is 0 Å². The van der Waals surface area contributed by atoms with Gasteiger partial charge in [0.05, 0.1) is 15.9 Å². The number of rotatable bonds is 4. The van der Waals surface area contributed by atoms with Gasteiger partial charge in [0.2, 0.25) is 5.91 Å². The van der Waals surface area contributed by atoms with Gasteiger partial charge in [0, 0.05) is 25.7 Å². The molecule has 1 fully saturated rings. The van der Waals surface area contributed by atoms with Crippen LogP contribution in [0, 0.1) is 5.92 Å². The molecule has 2 aliphatic rings. The van der Waals surface area contributed by atoms with Crippen molar-refractivity contribution in [3.8, 4) is 0 Å². The van der Waals surface area contributed by atoms with Crippen molar-refractivity contribution in [3.05, 3.63) is 27.7 Å². The van der Waals surface area contributed by atoms with Crippen molar-refractivity contribution in [2.45, 2.75) is 36.3 Å². The number of sulfonamides is 1. The average molecular weight is 429 g/mol. The van der Waals surface area contributed by atoms with Crippen LogP contribution in [0.3, 0.4) is 0 Å². The third-order valence-corrected chi connectivity index (χ3v) is 8.77. The van der Waals surface area contributed by atoms with E-state index in [1.807, 2.05) is 7.05 Å². The van der Waals surface area contributed by atoms with E-state index < -0.39 is 10.0 Å². The summed E-state index contributed by atoms with van der Waals surface area (Å²) in [6.07, 6.45) is 4.24. The number of carbonyl (C=O) groups is 1. The maximum absolute atomic E-state index is 12.8. The summed E-state index contributed by atoms with van der Waals surface area (Å²) in [6, 6.07) is 3.10. The van der Waals surface area contributed by atoms with Gasteiger partial charge in [0.15, 0.2) is 0 Å². The SMILES string of the molecule is Cn1nc2c(c1NC(=O)C1CCCN(S(=O)(=O)c3ccc(Cl)s3)C1)CCC2. The summed E-state index contributed by atoms with van der Waals surface area (Å²) in [5.74, 6) is 0.227. The highest BCUT2D eigenvalue weighted by Gasteiger charge is 2.35. The number of nitrogens with one attached hydrogen (secondary N) is 1. The molecule has 1 atom stereocenters. The Morgan fingerprint density at radius 1 is 1.33 bits per heavy atom. The minimum atomic E-state index is -3.62. The Labute approximate surface area is 167 Å². The highest BCUT2D eigenvalue weighted by molar-refractivity contribution is 7.91. The molecular formula is C17H21ClN4O3S2. The Morgan fingerprint density at radius 2 is 2.15 bits per heavy atom. The number of fused-ring (bicyclic) bond motifs is 1. The fourth-order valence-corrected chi connectivity index (χ4v) is 6.99. The van der Waals surface area contributed by atoms with E-state index in [0.717, 1.165) is 47.7 Å². The van der Waals surface area contributed by atoms with Crippen LogP contribution in [0.5, 0.6) is 0 Å². The van der Waals surface area contributed by atoms with Crippen molar-refractivity contribution < 1.29 is 13.2 Å². The number of aryl methyl sites for hydroxylation is 2. The molecule has 2 aromatic heterocycles. The second kappa shape index (κ2) is 7.20. The third-order valence-electron chi connectivity index (χ3n) is 5.21. The molecule has 0 saturated carbocycles. The van der Waals surface area contributed by atoms with Gasteiger partial charge in [-0.2, -0.15) is 9.40 Å². The molecule has 7 nitrogen and oxygen atoms in total. The normalized spacial score (nSPS) is 20.6. The molecule has 10 heteroatoms. The van der Waals surface area contributed by atoms with E-state index >= 15 is 0 Å². The lowest BCUT2D eigenvalue weighted by atomic mass is 9.99. The van der Waals surface area contributed by atoms with E-state index in [-0.39, 0.29) is 22.6 Å². The monoisotopic (exact) mass is 428 g/mol. The topological polar surface area (TPSA) is 84.3 Å². The number of piperidine rings is 1. The second-order valence-corrected chi connectivity index (χ2v) is 10.9. The quantitative estimate of drug-likeness (QED) is 0.811. The molecule has 146 valence electrons. The van der Waals surface area contributed by atoms with Crippen molar-refractivity contribution in [1.82, 2.24) is 14.1 Å². The van der Waals surface area contributed by atoms with E-state index in [2.05, 4.69) is 10.4 Å². The van der Waals surface area contributed by atoms with Gasteiger partial charge in [-0.1, -0.05) is 11.6 Å². The van der Waals surface area contributed by atoms with Crippen LogP contribution in [-0.4, -0.2) is 41.5 Å². The molecule has 1 aliphatic heterocycles. The zero-order valence-corrected chi connectivity index (χ0v) is 17.3. The molecule has 1 unspecified atom stereocenters. The molecule has 1 N–H and O–H groups in total. The zero-order valence-electron chi connectivity index (χ0n) is 14.9. The van der Waals surface area contributed by atoms with Gasteiger partial charge >= 0.3 is 0 Å². The van der Waals surface area contributed by atoms with Gasteiger partial charge in [0.1, 0.15) is 10.0 Å². The summed E-state index contributed by atoms with van der Waals surface area (Å²) < 4.78 is 29.4. The number of carbonyl (C=O) groups excluding carboxylic acids is 1. The Balaban J connectivity index is 1.49. The molecule has 27 heavy (non-hydrogen) atoms. The van der Waals surface area contributed by atoms with Gasteiger partial charge in [-0.25, -0.2) is 8.42 Å². The van der Waals surface area contributed by atoms with Gasteiger partial charge in [0.25, 0.3) is 10.0 Å². The Bertz CT molecular complexity index is 982. The number of amides is 1. The first-order valence-electron chi connectivity index (χ1n) is 8.97. The molecular weight excluding hydrogens is 408 g/mol. The van der Waals surface area contributed by atoms with Crippen LogP contribution in [0.2, 0.25) is 4.34 Å². The van der Waals surface area contributed by atoms with E-state index in [9.17, 15) is 13.2 Å². The maximum atomic E-state index is 12.8. The lowest BCUT2D eigenvalue weighted by Crippen LogP contribution is -2.43. The molecule has 1 aliphatic carbocycles. The Hall–Kier alpha value is -1.42. The van der Waals surface area contributed by atoms with Crippen molar-refractivity contribution in [2.24, 2.45) is 13.0 Å². The summed E-state index contributed by atoms with van der Waals surface area (Å²) in [7, 11) is -1.79. The van der Waals surface area contributed by atoms with Crippen molar-refractivity contribution >= 4 is 44.7 Å². The number of hydrogen-bond acceptors (Lipinski definition) is 5. The van der Waals surface area contributed by atoms with Crippen LogP contribution in [0.25, 0.3) is 0 Å². The van der Waals surface area contributed by atoms with Crippen molar-refractivity contribution in [2.75, 3.05) is 18.4 Å². The molecule has 0 bridgehead atoms. The van der Waals surface area contributed by atoms with Gasteiger partial charge in [-0.05, 0) is 44.2 Å². The van der Waals surface area contributed by atoms with E-state index in [0.29, 0.717) is 23.7 Å². The maximum Gasteiger partial charge on any atom is 0.252 e. The number of halogens is 1. The lowest BCUT2D eigenvalue weighted by Gasteiger charge is -2.30. The Kier molecular flexibility index (Phi) is 5.04. The number of hydrogen-bond donors (Lipinski definition) is 1. The highest BCUT2D eigenvalue weighted by atomic mass is 35.5.